The van der Waals surface area contributed by atoms with E-state index < -0.39 is 5.60 Å². The molecule has 1 saturated heterocycles. The van der Waals surface area contributed by atoms with E-state index >= 15 is 0 Å². The molecule has 6 heteroatoms. The number of piperidine rings is 1. The molecule has 1 aromatic carbocycles. The number of carbonyl (C=O) groups excluding carboxylic acids is 1. The minimum atomic E-state index is -0.593. The maximum absolute atomic E-state index is 13.5. The van der Waals surface area contributed by atoms with Gasteiger partial charge in [0.15, 0.2) is 0 Å². The van der Waals surface area contributed by atoms with Crippen LogP contribution < -0.4 is 0 Å². The molecule has 2 heterocycles. The first-order chi connectivity index (χ1) is 12.5. The molecule has 4 nitrogen and oxygen atoms in total. The van der Waals surface area contributed by atoms with Crippen molar-refractivity contribution in [3.05, 3.63) is 40.7 Å². The van der Waals surface area contributed by atoms with Crippen LogP contribution in [0, 0.1) is 18.7 Å². The largest absolute Gasteiger partial charge is 0.389 e. The van der Waals surface area contributed by atoms with Crippen LogP contribution in [0.25, 0.3) is 10.6 Å². The van der Waals surface area contributed by atoms with Crippen molar-refractivity contribution < 1.29 is 14.3 Å². The van der Waals surface area contributed by atoms with Crippen LogP contribution in [0.5, 0.6) is 0 Å². The van der Waals surface area contributed by atoms with Crippen molar-refractivity contribution in [1.29, 1.82) is 0 Å². The number of amides is 1. The van der Waals surface area contributed by atoms with Crippen LogP contribution in [-0.4, -0.2) is 39.6 Å². The Morgan fingerprint density at radius 1 is 1.38 bits per heavy atom. The van der Waals surface area contributed by atoms with E-state index in [1.807, 2.05) is 11.8 Å². The average molecular weight is 374 g/mol. The Labute approximate surface area is 156 Å². The first kappa shape index (κ1) is 17.6. The summed E-state index contributed by atoms with van der Waals surface area (Å²) in [5.74, 6) is -0.156. The summed E-state index contributed by atoms with van der Waals surface area (Å²) in [6.45, 7) is 3.02. The zero-order valence-corrected chi connectivity index (χ0v) is 15.7. The molecule has 0 spiro atoms. The zero-order chi connectivity index (χ0) is 18.3. The third-order valence-electron chi connectivity index (χ3n) is 5.78. The highest BCUT2D eigenvalue weighted by Gasteiger charge is 2.44. The summed E-state index contributed by atoms with van der Waals surface area (Å²) in [4.78, 5) is 20.0. The molecular formula is C20H23FN2O2S. The molecule has 2 fully saturated rings. The fraction of sp³-hybridized carbons (Fsp3) is 0.500. The molecule has 0 radical (unpaired) electrons. The zero-order valence-electron chi connectivity index (χ0n) is 14.9. The van der Waals surface area contributed by atoms with E-state index in [-0.39, 0.29) is 17.6 Å². The molecular weight excluding hydrogens is 351 g/mol. The summed E-state index contributed by atoms with van der Waals surface area (Å²) >= 11 is 1.32. The van der Waals surface area contributed by atoms with Gasteiger partial charge >= 0.3 is 0 Å². The lowest BCUT2D eigenvalue weighted by Crippen LogP contribution is -2.54. The topological polar surface area (TPSA) is 53.4 Å². The molecule has 2 atom stereocenters. The summed E-state index contributed by atoms with van der Waals surface area (Å²) < 4.78 is 13.5. The summed E-state index contributed by atoms with van der Waals surface area (Å²) in [7, 11) is 0. The lowest BCUT2D eigenvalue weighted by atomic mass is 9.71. The Morgan fingerprint density at radius 3 is 3.04 bits per heavy atom. The predicted molar refractivity (Wildman–Crippen MR) is 99.7 cm³/mol. The molecule has 2 aliphatic rings. The number of aliphatic hydroxyl groups is 1. The monoisotopic (exact) mass is 374 g/mol. The molecule has 4 rings (SSSR count). The van der Waals surface area contributed by atoms with Gasteiger partial charge in [0, 0.05) is 24.6 Å². The summed E-state index contributed by atoms with van der Waals surface area (Å²) in [6, 6.07) is 6.29. The van der Waals surface area contributed by atoms with Crippen molar-refractivity contribution in [2.75, 3.05) is 13.1 Å². The second-order valence-electron chi connectivity index (χ2n) is 7.49. The molecule has 1 N–H and O–H groups in total. The summed E-state index contributed by atoms with van der Waals surface area (Å²) in [5.41, 5.74) is 0.783. The third kappa shape index (κ3) is 3.16. The molecule has 26 heavy (non-hydrogen) atoms. The second kappa shape index (κ2) is 6.74. The minimum absolute atomic E-state index is 0.0183. The lowest BCUT2D eigenvalue weighted by molar-refractivity contribution is -0.0885. The molecule has 1 aliphatic carbocycles. The van der Waals surface area contributed by atoms with Crippen molar-refractivity contribution in [2.45, 2.75) is 44.6 Å². The van der Waals surface area contributed by atoms with E-state index in [1.54, 1.807) is 12.1 Å². The highest BCUT2D eigenvalue weighted by Crippen LogP contribution is 2.40. The normalized spacial score (nSPS) is 25.8. The number of benzene rings is 1. The van der Waals surface area contributed by atoms with Gasteiger partial charge in [-0.2, -0.15) is 0 Å². The summed E-state index contributed by atoms with van der Waals surface area (Å²) in [5, 5.41) is 11.5. The molecule has 2 aromatic rings. The number of nitrogens with zero attached hydrogens (tertiary/aromatic N) is 2. The SMILES string of the molecule is Cc1nc(-c2cccc(F)c2)sc1C(=O)N1CC[C@]2(O)CCCC[C@H]2C1. The van der Waals surface area contributed by atoms with Crippen LogP contribution in [0.15, 0.2) is 24.3 Å². The molecule has 0 bridgehead atoms. The number of likely N-dealkylation sites (tertiary alicyclic amines) is 1. The first-order valence-electron chi connectivity index (χ1n) is 9.21. The van der Waals surface area contributed by atoms with Gasteiger partial charge in [0.1, 0.15) is 15.7 Å². The smallest absolute Gasteiger partial charge is 0.265 e. The van der Waals surface area contributed by atoms with E-state index in [4.69, 9.17) is 0 Å². The number of carbonyl (C=O) groups is 1. The van der Waals surface area contributed by atoms with Gasteiger partial charge < -0.3 is 10.0 Å². The Hall–Kier alpha value is -1.79. The standard InChI is InChI=1S/C20H23FN2O2S/c1-13-17(26-18(22-13)14-5-4-7-16(21)11-14)19(24)23-10-9-20(25)8-3-2-6-15(20)12-23/h4-5,7,11,15,25H,2-3,6,8-10,12H2,1H3/t15-,20+/m0/s1. The Kier molecular flexibility index (Phi) is 4.57. The van der Waals surface area contributed by atoms with E-state index in [0.717, 1.165) is 25.7 Å². The molecule has 1 amide bonds. The quantitative estimate of drug-likeness (QED) is 0.864. The number of fused-ring (bicyclic) bond motifs is 1. The van der Waals surface area contributed by atoms with Crippen molar-refractivity contribution in [3.63, 3.8) is 0 Å². The predicted octanol–water partition coefficient (Wildman–Crippen LogP) is 4.02. The molecule has 1 aliphatic heterocycles. The van der Waals surface area contributed by atoms with Gasteiger partial charge in [-0.3, -0.25) is 4.79 Å². The Bertz CT molecular complexity index is 837. The van der Waals surface area contributed by atoms with Crippen molar-refractivity contribution in [2.24, 2.45) is 5.92 Å². The minimum Gasteiger partial charge on any atom is -0.389 e. The van der Waals surface area contributed by atoms with Crippen LogP contribution in [0.4, 0.5) is 4.39 Å². The van der Waals surface area contributed by atoms with Gasteiger partial charge in [0.25, 0.3) is 5.91 Å². The van der Waals surface area contributed by atoms with Gasteiger partial charge in [0.2, 0.25) is 0 Å². The van der Waals surface area contributed by atoms with E-state index in [1.165, 1.54) is 23.5 Å². The van der Waals surface area contributed by atoms with Gasteiger partial charge in [0.05, 0.1) is 11.3 Å². The fourth-order valence-corrected chi connectivity index (χ4v) is 5.27. The fourth-order valence-electron chi connectivity index (χ4n) is 4.24. The van der Waals surface area contributed by atoms with Crippen LogP contribution >= 0.6 is 11.3 Å². The Balaban J connectivity index is 1.55. The first-order valence-corrected chi connectivity index (χ1v) is 10.0. The van der Waals surface area contributed by atoms with Gasteiger partial charge in [-0.25, -0.2) is 9.37 Å². The highest BCUT2D eigenvalue weighted by molar-refractivity contribution is 7.17. The average Bonchev–Trinajstić information content (AvgIpc) is 3.02. The number of hydrogen-bond acceptors (Lipinski definition) is 4. The van der Waals surface area contributed by atoms with Crippen LogP contribution in [0.1, 0.15) is 47.5 Å². The van der Waals surface area contributed by atoms with Crippen molar-refractivity contribution in [1.82, 2.24) is 9.88 Å². The number of aryl methyl sites for hydroxylation is 1. The van der Waals surface area contributed by atoms with E-state index in [0.29, 0.717) is 40.7 Å². The second-order valence-corrected chi connectivity index (χ2v) is 8.49. The molecule has 138 valence electrons. The number of rotatable bonds is 2. The number of hydrogen-bond donors (Lipinski definition) is 1. The van der Waals surface area contributed by atoms with E-state index in [2.05, 4.69) is 4.98 Å². The lowest BCUT2D eigenvalue weighted by Gasteiger charge is -2.47. The van der Waals surface area contributed by atoms with E-state index in [9.17, 15) is 14.3 Å². The van der Waals surface area contributed by atoms with Crippen LogP contribution in [0.2, 0.25) is 0 Å². The molecule has 0 unspecified atom stereocenters. The van der Waals surface area contributed by atoms with Crippen molar-refractivity contribution in [3.8, 4) is 10.6 Å². The van der Waals surface area contributed by atoms with Gasteiger partial charge in [-0.05, 0) is 38.3 Å². The third-order valence-corrected chi connectivity index (χ3v) is 6.97. The molecule has 1 aromatic heterocycles. The molecule has 1 saturated carbocycles. The van der Waals surface area contributed by atoms with Crippen LogP contribution in [0.3, 0.4) is 0 Å². The Morgan fingerprint density at radius 2 is 2.23 bits per heavy atom. The van der Waals surface area contributed by atoms with Gasteiger partial charge in [-0.15, -0.1) is 11.3 Å². The number of halogens is 1. The highest BCUT2D eigenvalue weighted by atomic mass is 32.1. The number of thiazole rings is 1. The van der Waals surface area contributed by atoms with Gasteiger partial charge in [-0.1, -0.05) is 25.0 Å². The number of aromatic nitrogens is 1. The van der Waals surface area contributed by atoms with Crippen LogP contribution in [-0.2, 0) is 0 Å². The maximum atomic E-state index is 13.5. The van der Waals surface area contributed by atoms with Crippen molar-refractivity contribution >= 4 is 17.2 Å². The summed E-state index contributed by atoms with van der Waals surface area (Å²) in [6.07, 6.45) is 4.68. The maximum Gasteiger partial charge on any atom is 0.265 e.